The van der Waals surface area contributed by atoms with Gasteiger partial charge in [-0.25, -0.2) is 13.1 Å². The Hall–Kier alpha value is -1.03. The van der Waals surface area contributed by atoms with Gasteiger partial charge in [-0.15, -0.1) is 3.89 Å². The first-order chi connectivity index (χ1) is 9.62. The molecule has 1 unspecified atom stereocenters. The third-order valence-corrected chi connectivity index (χ3v) is 5.67. The van der Waals surface area contributed by atoms with E-state index in [4.69, 9.17) is 4.74 Å². The van der Waals surface area contributed by atoms with Gasteiger partial charge in [0.15, 0.2) is 0 Å². The Balaban J connectivity index is 2.32. The number of rotatable bonds is 4. The van der Waals surface area contributed by atoms with E-state index in [1.807, 2.05) is 0 Å². The van der Waals surface area contributed by atoms with E-state index in [1.54, 1.807) is 6.92 Å². The van der Waals surface area contributed by atoms with E-state index in [1.165, 1.54) is 12.1 Å². The van der Waals surface area contributed by atoms with Crippen molar-refractivity contribution >= 4 is 20.2 Å². The highest BCUT2D eigenvalue weighted by molar-refractivity contribution is 7.89. The SMILES string of the molecule is CC1(NS(=O)(=O)c2cccc(S(=O)(=O)F)c2)CCCOC1. The molecule has 0 bridgehead atoms. The molecule has 118 valence electrons. The van der Waals surface area contributed by atoms with Crippen LogP contribution in [-0.4, -0.2) is 35.6 Å². The predicted octanol–water partition coefficient (Wildman–Crippen LogP) is 1.19. The highest BCUT2D eigenvalue weighted by Gasteiger charge is 2.33. The highest BCUT2D eigenvalue weighted by atomic mass is 32.3. The van der Waals surface area contributed by atoms with Crippen LogP contribution in [0.5, 0.6) is 0 Å². The van der Waals surface area contributed by atoms with Crippen LogP contribution in [0.2, 0.25) is 0 Å². The minimum Gasteiger partial charge on any atom is -0.380 e. The minimum atomic E-state index is -4.95. The van der Waals surface area contributed by atoms with Gasteiger partial charge in [-0.3, -0.25) is 0 Å². The summed E-state index contributed by atoms with van der Waals surface area (Å²) >= 11 is 0. The zero-order valence-corrected chi connectivity index (χ0v) is 13.0. The van der Waals surface area contributed by atoms with E-state index in [0.29, 0.717) is 13.0 Å². The molecule has 2 rings (SSSR count). The van der Waals surface area contributed by atoms with Gasteiger partial charge in [0.25, 0.3) is 0 Å². The van der Waals surface area contributed by atoms with Crippen LogP contribution in [0.1, 0.15) is 19.8 Å². The Labute approximate surface area is 123 Å². The average molecular weight is 337 g/mol. The third kappa shape index (κ3) is 4.00. The maximum Gasteiger partial charge on any atom is 0.332 e. The predicted molar refractivity (Wildman–Crippen MR) is 73.5 cm³/mol. The number of benzene rings is 1. The van der Waals surface area contributed by atoms with Crippen molar-refractivity contribution in [2.24, 2.45) is 0 Å². The van der Waals surface area contributed by atoms with Crippen LogP contribution < -0.4 is 4.72 Å². The van der Waals surface area contributed by atoms with Gasteiger partial charge in [-0.1, -0.05) is 6.07 Å². The molecular formula is C12H16FNO5S2. The quantitative estimate of drug-likeness (QED) is 0.834. The van der Waals surface area contributed by atoms with Gasteiger partial charge < -0.3 is 4.74 Å². The molecule has 1 saturated heterocycles. The maximum atomic E-state index is 13.0. The summed E-state index contributed by atoms with van der Waals surface area (Å²) in [4.78, 5) is -0.983. The van der Waals surface area contributed by atoms with Crippen LogP contribution in [0, 0.1) is 0 Å². The van der Waals surface area contributed by atoms with Crippen LogP contribution in [0.25, 0.3) is 0 Å². The molecule has 1 N–H and O–H groups in total. The lowest BCUT2D eigenvalue weighted by molar-refractivity contribution is 0.0386. The summed E-state index contributed by atoms with van der Waals surface area (Å²) in [6.45, 7) is 2.51. The second kappa shape index (κ2) is 5.64. The molecule has 0 aliphatic carbocycles. The van der Waals surface area contributed by atoms with Gasteiger partial charge in [0, 0.05) is 6.61 Å². The van der Waals surface area contributed by atoms with Gasteiger partial charge in [-0.2, -0.15) is 8.42 Å². The fourth-order valence-corrected chi connectivity index (χ4v) is 4.24. The van der Waals surface area contributed by atoms with E-state index < -0.39 is 30.7 Å². The summed E-state index contributed by atoms with van der Waals surface area (Å²) in [6.07, 6.45) is 1.32. The zero-order chi connectivity index (χ0) is 15.7. The summed E-state index contributed by atoms with van der Waals surface area (Å²) in [5, 5.41) is 0. The Morgan fingerprint density at radius 3 is 2.48 bits per heavy atom. The van der Waals surface area contributed by atoms with Crippen LogP contribution in [0.3, 0.4) is 0 Å². The summed E-state index contributed by atoms with van der Waals surface area (Å²) in [7, 11) is -8.91. The van der Waals surface area contributed by atoms with Crippen LogP contribution >= 0.6 is 0 Å². The molecule has 6 nitrogen and oxygen atoms in total. The Bertz CT molecular complexity index is 724. The van der Waals surface area contributed by atoms with Crippen molar-refractivity contribution in [1.29, 1.82) is 0 Å². The molecule has 1 aromatic carbocycles. The molecule has 9 heteroatoms. The number of ether oxygens (including phenoxy) is 1. The summed E-state index contributed by atoms with van der Waals surface area (Å²) < 4.78 is 67.0. The normalized spacial score (nSPS) is 23.9. The third-order valence-electron chi connectivity index (χ3n) is 3.22. The Kier molecular flexibility index (Phi) is 4.39. The van der Waals surface area contributed by atoms with Crippen molar-refractivity contribution in [1.82, 2.24) is 4.72 Å². The molecule has 1 heterocycles. The number of nitrogens with one attached hydrogen (secondary N) is 1. The van der Waals surface area contributed by atoms with E-state index in [2.05, 4.69) is 4.72 Å². The smallest absolute Gasteiger partial charge is 0.332 e. The molecule has 0 aromatic heterocycles. The molecule has 0 spiro atoms. The fourth-order valence-electron chi connectivity index (χ4n) is 2.19. The second-order valence-electron chi connectivity index (χ2n) is 5.24. The summed E-state index contributed by atoms with van der Waals surface area (Å²) in [5.41, 5.74) is -0.762. The second-order valence-corrected chi connectivity index (χ2v) is 8.26. The van der Waals surface area contributed by atoms with Gasteiger partial charge in [0.1, 0.15) is 0 Å². The first-order valence-electron chi connectivity index (χ1n) is 6.29. The van der Waals surface area contributed by atoms with Gasteiger partial charge in [-0.05, 0) is 38.0 Å². The molecule has 1 aliphatic rings. The molecule has 21 heavy (non-hydrogen) atoms. The van der Waals surface area contributed by atoms with Crippen molar-refractivity contribution in [3.05, 3.63) is 24.3 Å². The molecule has 1 fully saturated rings. The van der Waals surface area contributed by atoms with Crippen molar-refractivity contribution < 1.29 is 25.5 Å². The largest absolute Gasteiger partial charge is 0.380 e. The highest BCUT2D eigenvalue weighted by Crippen LogP contribution is 2.23. The van der Waals surface area contributed by atoms with Gasteiger partial charge in [0.2, 0.25) is 10.0 Å². The van der Waals surface area contributed by atoms with Gasteiger partial charge in [0.05, 0.1) is 21.9 Å². The Morgan fingerprint density at radius 1 is 1.24 bits per heavy atom. The molecule has 0 saturated carbocycles. The standard InChI is InChI=1S/C12H16FNO5S2/c1-12(6-3-7-19-9-12)14-21(17,18)11-5-2-4-10(8-11)20(13,15)16/h2,4-5,8,14H,3,6-7,9H2,1H3. The lowest BCUT2D eigenvalue weighted by Crippen LogP contribution is -2.51. The van der Waals surface area contributed by atoms with Gasteiger partial charge >= 0.3 is 10.2 Å². The molecular weight excluding hydrogens is 321 g/mol. The fraction of sp³-hybridized carbons (Fsp3) is 0.500. The summed E-state index contributed by atoms with van der Waals surface area (Å²) in [5.74, 6) is 0. The molecule has 1 aromatic rings. The lowest BCUT2D eigenvalue weighted by Gasteiger charge is -2.33. The van der Waals surface area contributed by atoms with Crippen molar-refractivity contribution in [3.63, 3.8) is 0 Å². The minimum absolute atomic E-state index is 0.229. The molecule has 0 radical (unpaired) electrons. The zero-order valence-electron chi connectivity index (χ0n) is 11.4. The first-order valence-corrected chi connectivity index (χ1v) is 9.16. The van der Waals surface area contributed by atoms with Crippen molar-refractivity contribution in [2.75, 3.05) is 13.2 Å². The van der Waals surface area contributed by atoms with Crippen LogP contribution in [0.4, 0.5) is 3.89 Å². The van der Waals surface area contributed by atoms with E-state index in [-0.39, 0.29) is 11.5 Å². The average Bonchev–Trinajstić information content (AvgIpc) is 2.37. The summed E-state index contributed by atoms with van der Waals surface area (Å²) in [6, 6.07) is 4.19. The lowest BCUT2D eigenvalue weighted by atomic mass is 9.97. The van der Waals surface area contributed by atoms with Crippen molar-refractivity contribution in [2.45, 2.75) is 35.1 Å². The topological polar surface area (TPSA) is 89.5 Å². The van der Waals surface area contributed by atoms with E-state index in [0.717, 1.165) is 18.6 Å². The number of hydrogen-bond donors (Lipinski definition) is 1. The van der Waals surface area contributed by atoms with Crippen LogP contribution in [-0.2, 0) is 25.0 Å². The number of hydrogen-bond acceptors (Lipinski definition) is 5. The molecule has 0 amide bonds. The van der Waals surface area contributed by atoms with Crippen LogP contribution in [0.15, 0.2) is 34.1 Å². The monoisotopic (exact) mass is 337 g/mol. The molecule has 1 atom stereocenters. The maximum absolute atomic E-state index is 13.0. The molecule has 1 aliphatic heterocycles. The Morgan fingerprint density at radius 2 is 1.90 bits per heavy atom. The van der Waals surface area contributed by atoms with E-state index >= 15 is 0 Å². The first kappa shape index (κ1) is 16.3. The number of halogens is 1. The van der Waals surface area contributed by atoms with E-state index in [9.17, 15) is 20.7 Å². The number of sulfonamides is 1. The van der Waals surface area contributed by atoms with Crippen molar-refractivity contribution in [3.8, 4) is 0 Å².